The average molecular weight is 162 g/mol. The lowest BCUT2D eigenvalue weighted by molar-refractivity contribution is 0.100. The van der Waals surface area contributed by atoms with Crippen molar-refractivity contribution in [2.45, 2.75) is 0 Å². The Morgan fingerprint density at radius 2 is 2.44 bits per heavy atom. The van der Waals surface area contributed by atoms with E-state index in [9.17, 15) is 4.79 Å². The number of halogens is 1. The van der Waals surface area contributed by atoms with Crippen molar-refractivity contribution in [1.82, 2.24) is 0 Å². The Balaban J connectivity index is 2.98. The van der Waals surface area contributed by atoms with Crippen LogP contribution in [0.25, 0.3) is 0 Å². The Morgan fingerprint density at radius 3 is 2.67 bits per heavy atom. The summed E-state index contributed by atoms with van der Waals surface area (Å²) in [6.45, 7) is 0. The van der Waals surface area contributed by atoms with Crippen molar-refractivity contribution in [3.05, 3.63) is 21.3 Å². The van der Waals surface area contributed by atoms with E-state index in [1.165, 1.54) is 11.3 Å². The summed E-state index contributed by atoms with van der Waals surface area (Å²) in [6, 6.07) is 1.55. The van der Waals surface area contributed by atoms with Gasteiger partial charge in [0.25, 0.3) is 0 Å². The number of nitrogens with two attached hydrogens (primary N) is 1. The first-order valence-electron chi connectivity index (χ1n) is 2.24. The molecule has 0 aromatic carbocycles. The van der Waals surface area contributed by atoms with Gasteiger partial charge >= 0.3 is 0 Å². The number of hydrogen-bond donors (Lipinski definition) is 1. The van der Waals surface area contributed by atoms with Crippen molar-refractivity contribution in [2.75, 3.05) is 0 Å². The second-order valence-electron chi connectivity index (χ2n) is 1.50. The van der Waals surface area contributed by atoms with E-state index >= 15 is 0 Å². The topological polar surface area (TPSA) is 43.1 Å². The van der Waals surface area contributed by atoms with Crippen LogP contribution in [0.2, 0.25) is 4.34 Å². The van der Waals surface area contributed by atoms with Crippen LogP contribution in [0.3, 0.4) is 0 Å². The highest BCUT2D eigenvalue weighted by Crippen LogP contribution is 2.18. The molecule has 1 amide bonds. The minimum atomic E-state index is -0.432. The molecule has 4 heteroatoms. The molecule has 2 N–H and O–H groups in total. The molecular weight excluding hydrogens is 158 g/mol. The maximum Gasteiger partial charge on any atom is 0.249 e. The van der Waals surface area contributed by atoms with Gasteiger partial charge in [-0.25, -0.2) is 0 Å². The molecule has 0 spiro atoms. The quantitative estimate of drug-likeness (QED) is 0.667. The molecule has 0 unspecified atom stereocenters. The monoisotopic (exact) mass is 161 g/mol. The SMILES string of the molecule is NC(=O)c1csc(Cl)c1. The van der Waals surface area contributed by atoms with Crippen molar-refractivity contribution in [3.63, 3.8) is 0 Å². The van der Waals surface area contributed by atoms with Crippen molar-refractivity contribution in [3.8, 4) is 0 Å². The van der Waals surface area contributed by atoms with E-state index in [2.05, 4.69) is 0 Å². The second-order valence-corrected chi connectivity index (χ2v) is 3.05. The Bertz CT molecular complexity index is 233. The van der Waals surface area contributed by atoms with E-state index in [1.54, 1.807) is 11.4 Å². The molecule has 0 fully saturated rings. The number of carbonyl (C=O) groups excluding carboxylic acids is 1. The van der Waals surface area contributed by atoms with Crippen LogP contribution in [-0.2, 0) is 0 Å². The lowest BCUT2D eigenvalue weighted by Crippen LogP contribution is -2.08. The highest BCUT2D eigenvalue weighted by atomic mass is 35.5. The summed E-state index contributed by atoms with van der Waals surface area (Å²) in [6.07, 6.45) is 0. The van der Waals surface area contributed by atoms with Gasteiger partial charge in [0.1, 0.15) is 0 Å². The van der Waals surface area contributed by atoms with Gasteiger partial charge in [0.05, 0.1) is 9.90 Å². The molecule has 0 radical (unpaired) electrons. The van der Waals surface area contributed by atoms with E-state index in [4.69, 9.17) is 17.3 Å². The zero-order valence-electron chi connectivity index (χ0n) is 4.43. The van der Waals surface area contributed by atoms with Gasteiger partial charge in [-0.15, -0.1) is 11.3 Å². The first-order chi connectivity index (χ1) is 4.20. The zero-order chi connectivity index (χ0) is 6.85. The maximum atomic E-state index is 10.4. The first-order valence-corrected chi connectivity index (χ1v) is 3.50. The minimum absolute atomic E-state index is 0.432. The number of amides is 1. The van der Waals surface area contributed by atoms with Crippen LogP contribution < -0.4 is 5.73 Å². The Kier molecular flexibility index (Phi) is 1.73. The summed E-state index contributed by atoms with van der Waals surface area (Å²) >= 11 is 6.81. The average Bonchev–Trinajstić information content (AvgIpc) is 2.14. The third-order valence-electron chi connectivity index (χ3n) is 0.852. The second kappa shape index (κ2) is 2.37. The lowest BCUT2D eigenvalue weighted by atomic mass is 10.3. The van der Waals surface area contributed by atoms with Gasteiger partial charge in [-0.05, 0) is 6.07 Å². The summed E-state index contributed by atoms with van der Waals surface area (Å²) in [7, 11) is 0. The zero-order valence-corrected chi connectivity index (χ0v) is 6.00. The molecule has 0 aliphatic carbocycles. The predicted octanol–water partition coefficient (Wildman–Crippen LogP) is 1.50. The third-order valence-corrected chi connectivity index (χ3v) is 1.94. The molecule has 1 aromatic rings. The molecule has 0 aliphatic rings. The van der Waals surface area contributed by atoms with E-state index < -0.39 is 5.91 Å². The Morgan fingerprint density at radius 1 is 1.78 bits per heavy atom. The summed E-state index contributed by atoms with van der Waals surface area (Å²) in [5, 5.41) is 1.63. The van der Waals surface area contributed by atoms with Crippen LogP contribution in [0.4, 0.5) is 0 Å². The molecule has 1 rings (SSSR count). The highest BCUT2D eigenvalue weighted by Gasteiger charge is 2.00. The van der Waals surface area contributed by atoms with Crippen molar-refractivity contribution < 1.29 is 4.79 Å². The number of rotatable bonds is 1. The van der Waals surface area contributed by atoms with Gasteiger partial charge in [0.15, 0.2) is 0 Å². The van der Waals surface area contributed by atoms with Crippen molar-refractivity contribution in [2.24, 2.45) is 5.73 Å². The molecule has 0 saturated carbocycles. The highest BCUT2D eigenvalue weighted by molar-refractivity contribution is 7.14. The van der Waals surface area contributed by atoms with E-state index in [0.717, 1.165) is 0 Å². The summed E-state index contributed by atoms with van der Waals surface area (Å²) in [4.78, 5) is 10.4. The fraction of sp³-hybridized carbons (Fsp3) is 0. The van der Waals surface area contributed by atoms with Crippen LogP contribution in [0, 0.1) is 0 Å². The van der Waals surface area contributed by atoms with Crippen molar-refractivity contribution >= 4 is 28.8 Å². The molecule has 48 valence electrons. The Hall–Kier alpha value is -0.540. The van der Waals surface area contributed by atoms with Crippen LogP contribution in [0.5, 0.6) is 0 Å². The number of carbonyl (C=O) groups is 1. The largest absolute Gasteiger partial charge is 0.366 e. The maximum absolute atomic E-state index is 10.4. The fourth-order valence-electron chi connectivity index (χ4n) is 0.439. The normalized spacial score (nSPS) is 9.44. The van der Waals surface area contributed by atoms with Gasteiger partial charge in [-0.3, -0.25) is 4.79 Å². The fourth-order valence-corrected chi connectivity index (χ4v) is 1.31. The minimum Gasteiger partial charge on any atom is -0.366 e. The van der Waals surface area contributed by atoms with Gasteiger partial charge in [0.2, 0.25) is 5.91 Å². The molecular formula is C5H4ClNOS. The number of hydrogen-bond acceptors (Lipinski definition) is 2. The number of thiophene rings is 1. The first kappa shape index (κ1) is 6.58. The van der Waals surface area contributed by atoms with Gasteiger partial charge in [0, 0.05) is 5.38 Å². The van der Waals surface area contributed by atoms with Gasteiger partial charge < -0.3 is 5.73 Å². The number of primary amides is 1. The van der Waals surface area contributed by atoms with E-state index in [0.29, 0.717) is 9.90 Å². The summed E-state index contributed by atoms with van der Waals surface area (Å²) in [5.41, 5.74) is 5.41. The smallest absolute Gasteiger partial charge is 0.249 e. The molecule has 1 heterocycles. The molecule has 0 bridgehead atoms. The standard InChI is InChI=1S/C5H4ClNOS/c6-4-1-3(2-9-4)5(7)8/h1-2H,(H2,7,8). The summed E-state index contributed by atoms with van der Waals surface area (Å²) in [5.74, 6) is -0.432. The summed E-state index contributed by atoms with van der Waals surface area (Å²) < 4.78 is 0.587. The Labute approximate surface area is 61.2 Å². The van der Waals surface area contributed by atoms with E-state index in [1.807, 2.05) is 0 Å². The molecule has 1 aromatic heterocycles. The van der Waals surface area contributed by atoms with E-state index in [-0.39, 0.29) is 0 Å². The van der Waals surface area contributed by atoms with Crippen LogP contribution in [-0.4, -0.2) is 5.91 Å². The predicted molar refractivity (Wildman–Crippen MR) is 37.8 cm³/mol. The van der Waals surface area contributed by atoms with Crippen LogP contribution >= 0.6 is 22.9 Å². The molecule has 2 nitrogen and oxygen atoms in total. The molecule has 9 heavy (non-hydrogen) atoms. The van der Waals surface area contributed by atoms with Crippen LogP contribution in [0.1, 0.15) is 10.4 Å². The van der Waals surface area contributed by atoms with Crippen molar-refractivity contribution in [1.29, 1.82) is 0 Å². The third kappa shape index (κ3) is 1.43. The van der Waals surface area contributed by atoms with Crippen LogP contribution in [0.15, 0.2) is 11.4 Å². The molecule has 0 saturated heterocycles. The molecule has 0 aliphatic heterocycles. The lowest BCUT2D eigenvalue weighted by Gasteiger charge is -1.80. The molecule has 0 atom stereocenters. The van der Waals surface area contributed by atoms with Gasteiger partial charge in [-0.2, -0.15) is 0 Å². The van der Waals surface area contributed by atoms with Gasteiger partial charge in [-0.1, -0.05) is 11.6 Å².